The second-order valence-corrected chi connectivity index (χ2v) is 6.12. The van der Waals surface area contributed by atoms with Crippen LogP contribution in [-0.2, 0) is 9.53 Å². The molecule has 26 heavy (non-hydrogen) atoms. The molecule has 0 aliphatic carbocycles. The summed E-state index contributed by atoms with van der Waals surface area (Å²) in [5.74, 6) is -0.243. The SMILES string of the molecule is CCOC(=O)N1CCN([C@@H](C(=O)O)c2c[nH]c3ccc(OC)cc23)CC1. The van der Waals surface area contributed by atoms with Crippen molar-refractivity contribution in [2.75, 3.05) is 39.9 Å². The van der Waals surface area contributed by atoms with E-state index in [4.69, 9.17) is 9.47 Å². The van der Waals surface area contributed by atoms with Gasteiger partial charge in [-0.05, 0) is 25.1 Å². The Morgan fingerprint density at radius 1 is 1.27 bits per heavy atom. The molecule has 1 fully saturated rings. The van der Waals surface area contributed by atoms with Crippen LogP contribution in [0.15, 0.2) is 24.4 Å². The molecule has 1 amide bonds. The minimum Gasteiger partial charge on any atom is -0.497 e. The molecule has 1 aromatic carbocycles. The number of rotatable bonds is 5. The van der Waals surface area contributed by atoms with Crippen molar-refractivity contribution in [2.45, 2.75) is 13.0 Å². The van der Waals surface area contributed by atoms with Crippen molar-refractivity contribution >= 4 is 23.0 Å². The molecule has 0 spiro atoms. The van der Waals surface area contributed by atoms with Gasteiger partial charge in [0.15, 0.2) is 0 Å². The van der Waals surface area contributed by atoms with Crippen molar-refractivity contribution in [1.29, 1.82) is 0 Å². The molecule has 1 aromatic heterocycles. The third kappa shape index (κ3) is 3.45. The van der Waals surface area contributed by atoms with E-state index in [0.29, 0.717) is 44.1 Å². The fourth-order valence-corrected chi connectivity index (χ4v) is 3.34. The average Bonchev–Trinajstić information content (AvgIpc) is 3.05. The fourth-order valence-electron chi connectivity index (χ4n) is 3.34. The first-order valence-electron chi connectivity index (χ1n) is 8.58. The van der Waals surface area contributed by atoms with Crippen molar-refractivity contribution in [1.82, 2.24) is 14.8 Å². The molecule has 2 aromatic rings. The number of aliphatic carboxylic acids is 1. The van der Waals surface area contributed by atoms with E-state index < -0.39 is 12.0 Å². The molecule has 1 atom stereocenters. The number of ether oxygens (including phenoxy) is 2. The number of carbonyl (C=O) groups is 2. The van der Waals surface area contributed by atoms with Gasteiger partial charge in [0.25, 0.3) is 0 Å². The number of carboxylic acids is 1. The van der Waals surface area contributed by atoms with Crippen LogP contribution >= 0.6 is 0 Å². The van der Waals surface area contributed by atoms with Crippen LogP contribution in [0.1, 0.15) is 18.5 Å². The summed E-state index contributed by atoms with van der Waals surface area (Å²) >= 11 is 0. The number of hydrogen-bond donors (Lipinski definition) is 2. The highest BCUT2D eigenvalue weighted by atomic mass is 16.6. The van der Waals surface area contributed by atoms with E-state index >= 15 is 0 Å². The van der Waals surface area contributed by atoms with Crippen molar-refractivity contribution in [2.24, 2.45) is 0 Å². The number of methoxy groups -OCH3 is 1. The number of carboxylic acid groups (broad SMARTS) is 1. The summed E-state index contributed by atoms with van der Waals surface area (Å²) in [5, 5.41) is 10.7. The number of benzene rings is 1. The van der Waals surface area contributed by atoms with Gasteiger partial charge in [-0.3, -0.25) is 9.69 Å². The van der Waals surface area contributed by atoms with Crippen molar-refractivity contribution < 1.29 is 24.2 Å². The number of fused-ring (bicyclic) bond motifs is 1. The van der Waals surface area contributed by atoms with Gasteiger partial charge in [-0.25, -0.2) is 4.79 Å². The van der Waals surface area contributed by atoms with Crippen molar-refractivity contribution in [3.05, 3.63) is 30.0 Å². The van der Waals surface area contributed by atoms with E-state index in [1.807, 2.05) is 23.1 Å². The summed E-state index contributed by atoms with van der Waals surface area (Å²) in [7, 11) is 1.58. The first-order valence-corrected chi connectivity index (χ1v) is 8.58. The monoisotopic (exact) mass is 361 g/mol. The Morgan fingerprint density at radius 2 is 2.00 bits per heavy atom. The van der Waals surface area contributed by atoms with E-state index in [0.717, 1.165) is 10.9 Å². The Balaban J connectivity index is 1.83. The summed E-state index contributed by atoms with van der Waals surface area (Å²) < 4.78 is 10.3. The number of piperazine rings is 1. The number of aromatic nitrogens is 1. The third-order valence-corrected chi connectivity index (χ3v) is 4.65. The largest absolute Gasteiger partial charge is 0.497 e. The fraction of sp³-hybridized carbons (Fsp3) is 0.444. The molecule has 0 saturated carbocycles. The van der Waals surface area contributed by atoms with Crippen LogP contribution in [0.3, 0.4) is 0 Å². The van der Waals surface area contributed by atoms with E-state index in [-0.39, 0.29) is 6.09 Å². The summed E-state index contributed by atoms with van der Waals surface area (Å²) in [6.45, 7) is 3.90. The molecule has 2 heterocycles. The van der Waals surface area contributed by atoms with Crippen molar-refractivity contribution in [3.8, 4) is 5.75 Å². The topological polar surface area (TPSA) is 95.1 Å². The first kappa shape index (κ1) is 18.1. The van der Waals surface area contributed by atoms with Crippen LogP contribution in [0, 0.1) is 0 Å². The van der Waals surface area contributed by atoms with Crippen LogP contribution < -0.4 is 4.74 Å². The normalized spacial score (nSPS) is 16.5. The van der Waals surface area contributed by atoms with Gasteiger partial charge in [-0.15, -0.1) is 0 Å². The smallest absolute Gasteiger partial charge is 0.409 e. The number of nitrogens with zero attached hydrogens (tertiary/aromatic N) is 2. The summed E-state index contributed by atoms with van der Waals surface area (Å²) in [6.07, 6.45) is 1.39. The second kappa shape index (κ2) is 7.65. The van der Waals surface area contributed by atoms with Gasteiger partial charge in [0.05, 0.1) is 13.7 Å². The number of H-pyrrole nitrogens is 1. The highest BCUT2D eigenvalue weighted by molar-refractivity contribution is 5.90. The Kier molecular flexibility index (Phi) is 5.32. The molecule has 0 unspecified atom stereocenters. The number of carbonyl (C=O) groups excluding carboxylic acids is 1. The second-order valence-electron chi connectivity index (χ2n) is 6.12. The Morgan fingerprint density at radius 3 is 2.62 bits per heavy atom. The van der Waals surface area contributed by atoms with Gasteiger partial charge in [0.1, 0.15) is 11.8 Å². The Bertz CT molecular complexity index is 795. The zero-order chi connectivity index (χ0) is 18.7. The van der Waals surface area contributed by atoms with Gasteiger partial charge in [0, 0.05) is 48.8 Å². The van der Waals surface area contributed by atoms with Crippen LogP contribution in [0.2, 0.25) is 0 Å². The van der Waals surface area contributed by atoms with Gasteiger partial charge in [-0.1, -0.05) is 0 Å². The van der Waals surface area contributed by atoms with E-state index in [1.54, 1.807) is 25.1 Å². The molecule has 1 aliphatic rings. The predicted molar refractivity (Wildman–Crippen MR) is 95.4 cm³/mol. The lowest BCUT2D eigenvalue weighted by molar-refractivity contribution is -0.144. The number of aromatic amines is 1. The number of nitrogens with one attached hydrogen (secondary N) is 1. The van der Waals surface area contributed by atoms with E-state index in [1.165, 1.54) is 0 Å². The van der Waals surface area contributed by atoms with Crippen LogP contribution in [0.25, 0.3) is 10.9 Å². The zero-order valence-electron chi connectivity index (χ0n) is 14.9. The molecule has 0 bridgehead atoms. The molecule has 140 valence electrons. The molecule has 1 aliphatic heterocycles. The highest BCUT2D eigenvalue weighted by Crippen LogP contribution is 2.31. The van der Waals surface area contributed by atoms with Gasteiger partial charge < -0.3 is 24.5 Å². The molecule has 2 N–H and O–H groups in total. The summed E-state index contributed by atoms with van der Waals surface area (Å²) in [4.78, 5) is 30.5. The van der Waals surface area contributed by atoms with Gasteiger partial charge >= 0.3 is 12.1 Å². The maximum Gasteiger partial charge on any atom is 0.409 e. The first-order chi connectivity index (χ1) is 12.5. The van der Waals surface area contributed by atoms with Crippen LogP contribution in [0.4, 0.5) is 4.79 Å². The molecule has 3 rings (SSSR count). The average molecular weight is 361 g/mol. The molecule has 0 radical (unpaired) electrons. The van der Waals surface area contributed by atoms with Gasteiger partial charge in [-0.2, -0.15) is 0 Å². The Labute approximate surface area is 151 Å². The van der Waals surface area contributed by atoms with E-state index in [2.05, 4.69) is 4.98 Å². The summed E-state index contributed by atoms with van der Waals surface area (Å²) in [6, 6.07) is 4.75. The molecular formula is C18H23N3O5. The maximum absolute atomic E-state index is 12.0. The minimum absolute atomic E-state index is 0.327. The lowest BCUT2D eigenvalue weighted by Gasteiger charge is -2.37. The summed E-state index contributed by atoms with van der Waals surface area (Å²) in [5.41, 5.74) is 1.55. The quantitative estimate of drug-likeness (QED) is 0.847. The maximum atomic E-state index is 12.0. The zero-order valence-corrected chi connectivity index (χ0v) is 14.9. The molecule has 1 saturated heterocycles. The third-order valence-electron chi connectivity index (χ3n) is 4.65. The van der Waals surface area contributed by atoms with Crippen molar-refractivity contribution in [3.63, 3.8) is 0 Å². The molecule has 8 nitrogen and oxygen atoms in total. The van der Waals surface area contributed by atoms with Crippen LogP contribution in [-0.4, -0.2) is 71.8 Å². The molecular weight excluding hydrogens is 338 g/mol. The van der Waals surface area contributed by atoms with Crippen LogP contribution in [0.5, 0.6) is 5.75 Å². The van der Waals surface area contributed by atoms with E-state index in [9.17, 15) is 14.7 Å². The lowest BCUT2D eigenvalue weighted by Crippen LogP contribution is -2.51. The molecule has 8 heteroatoms. The number of amides is 1. The number of hydrogen-bond acceptors (Lipinski definition) is 5. The highest BCUT2D eigenvalue weighted by Gasteiger charge is 2.33. The standard InChI is InChI=1S/C18H23N3O5/c1-3-26-18(24)21-8-6-20(7-9-21)16(17(22)23)14-11-19-15-5-4-12(25-2)10-13(14)15/h4-5,10-11,16,19H,3,6-9H2,1-2H3,(H,22,23)/t16-/m1/s1. The lowest BCUT2D eigenvalue weighted by atomic mass is 10.0. The Hall–Kier alpha value is -2.74. The minimum atomic E-state index is -0.918. The predicted octanol–water partition coefficient (Wildman–Crippen LogP) is 2.08. The van der Waals surface area contributed by atoms with Gasteiger partial charge in [0.2, 0.25) is 0 Å².